The molecule has 9 heteroatoms. The van der Waals surface area contributed by atoms with Gasteiger partial charge in [-0.05, 0) is 30.5 Å². The Labute approximate surface area is 184 Å². The summed E-state index contributed by atoms with van der Waals surface area (Å²) in [4.78, 5) is 16.0. The van der Waals surface area contributed by atoms with Crippen LogP contribution in [0.5, 0.6) is 0 Å². The summed E-state index contributed by atoms with van der Waals surface area (Å²) in [5.74, 6) is -4.57. The lowest BCUT2D eigenvalue weighted by atomic mass is 9.96. The van der Waals surface area contributed by atoms with Crippen LogP contribution in [0.2, 0.25) is 0 Å². The van der Waals surface area contributed by atoms with Crippen LogP contribution in [0.4, 0.5) is 18.9 Å². The normalized spacial score (nSPS) is 14.6. The van der Waals surface area contributed by atoms with E-state index in [1.807, 2.05) is 18.2 Å². The Morgan fingerprint density at radius 3 is 2.34 bits per heavy atom. The molecule has 1 aliphatic carbocycles. The number of benzene rings is 2. The van der Waals surface area contributed by atoms with Crippen molar-refractivity contribution in [2.75, 3.05) is 25.5 Å². The van der Waals surface area contributed by atoms with Crippen LogP contribution < -0.4 is 16.0 Å². The predicted octanol–water partition coefficient (Wildman–Crippen LogP) is 3.56. The minimum atomic E-state index is -1.63. The fraction of sp³-hybridized carbons (Fsp3) is 0.300. The zero-order valence-corrected chi connectivity index (χ0v) is 18.1. The molecule has 3 rings (SSSR count). The Balaban J connectivity index is 0.00000300. The number of nitrogens with one attached hydrogen (secondary N) is 3. The van der Waals surface area contributed by atoms with Crippen molar-refractivity contribution in [3.8, 4) is 0 Å². The minimum absolute atomic E-state index is 0. The molecular formula is C20H22F3IN4O. The molecule has 2 aromatic rings. The first-order chi connectivity index (χ1) is 13.4. The largest absolute Gasteiger partial charge is 0.356 e. The topological polar surface area (TPSA) is 65.5 Å². The number of hydrogen-bond donors (Lipinski definition) is 3. The van der Waals surface area contributed by atoms with Crippen LogP contribution in [0, 0.1) is 17.5 Å². The summed E-state index contributed by atoms with van der Waals surface area (Å²) < 4.78 is 39.8. The minimum Gasteiger partial charge on any atom is -0.356 e. The monoisotopic (exact) mass is 518 g/mol. The van der Waals surface area contributed by atoms with Gasteiger partial charge in [0.05, 0.1) is 12.2 Å². The molecule has 0 aromatic heterocycles. The number of guanidine groups is 1. The molecule has 2 aromatic carbocycles. The second-order valence-electron chi connectivity index (χ2n) is 6.70. The van der Waals surface area contributed by atoms with Crippen LogP contribution in [0.1, 0.15) is 18.4 Å². The van der Waals surface area contributed by atoms with Crippen LogP contribution in [-0.4, -0.2) is 32.0 Å². The van der Waals surface area contributed by atoms with E-state index < -0.39 is 29.0 Å². The smallest absolute Gasteiger partial charge is 0.243 e. The molecule has 0 aliphatic heterocycles. The maximum absolute atomic E-state index is 13.6. The molecule has 0 bridgehead atoms. The van der Waals surface area contributed by atoms with Gasteiger partial charge < -0.3 is 16.0 Å². The van der Waals surface area contributed by atoms with Crippen LogP contribution in [0.15, 0.2) is 47.5 Å². The van der Waals surface area contributed by atoms with Gasteiger partial charge in [-0.1, -0.05) is 30.3 Å². The van der Waals surface area contributed by atoms with Crippen LogP contribution in [0.3, 0.4) is 0 Å². The number of carbonyl (C=O) groups is 1. The van der Waals surface area contributed by atoms with Crippen molar-refractivity contribution < 1.29 is 18.0 Å². The highest BCUT2D eigenvalue weighted by Gasteiger charge is 2.44. The van der Waals surface area contributed by atoms with Crippen molar-refractivity contribution in [1.82, 2.24) is 10.6 Å². The first-order valence-corrected chi connectivity index (χ1v) is 8.88. The van der Waals surface area contributed by atoms with E-state index in [4.69, 9.17) is 0 Å². The van der Waals surface area contributed by atoms with E-state index in [0.717, 1.165) is 25.0 Å². The second-order valence-corrected chi connectivity index (χ2v) is 6.70. The van der Waals surface area contributed by atoms with Gasteiger partial charge >= 0.3 is 0 Å². The molecule has 0 heterocycles. The van der Waals surface area contributed by atoms with Crippen molar-refractivity contribution in [3.05, 3.63) is 65.5 Å². The Hall–Kier alpha value is -2.30. The maximum Gasteiger partial charge on any atom is 0.243 e. The van der Waals surface area contributed by atoms with Gasteiger partial charge in [0, 0.05) is 19.0 Å². The van der Waals surface area contributed by atoms with Gasteiger partial charge in [0.15, 0.2) is 23.4 Å². The van der Waals surface area contributed by atoms with Crippen molar-refractivity contribution in [2.24, 2.45) is 4.99 Å². The van der Waals surface area contributed by atoms with Gasteiger partial charge in [-0.2, -0.15) is 0 Å². The van der Waals surface area contributed by atoms with Gasteiger partial charge in [0.25, 0.3) is 0 Å². The SMILES string of the molecule is CN=C(NCC(=O)Nc1ccc(F)c(F)c1F)NCC1(c2ccccc2)CC1.I. The molecule has 1 fully saturated rings. The quantitative estimate of drug-likeness (QED) is 0.237. The van der Waals surface area contributed by atoms with E-state index in [0.29, 0.717) is 12.5 Å². The summed E-state index contributed by atoms with van der Waals surface area (Å²) in [5.41, 5.74) is 0.898. The zero-order chi connectivity index (χ0) is 20.1. The molecule has 0 unspecified atom stereocenters. The highest BCUT2D eigenvalue weighted by Crippen LogP contribution is 2.47. The molecular weight excluding hydrogens is 496 g/mol. The highest BCUT2D eigenvalue weighted by atomic mass is 127. The van der Waals surface area contributed by atoms with E-state index in [9.17, 15) is 18.0 Å². The summed E-state index contributed by atoms with van der Waals surface area (Å²) >= 11 is 0. The molecule has 3 N–H and O–H groups in total. The summed E-state index contributed by atoms with van der Waals surface area (Å²) in [6.45, 7) is 0.451. The molecule has 0 spiro atoms. The third kappa shape index (κ3) is 5.62. The average molecular weight is 518 g/mol. The number of nitrogens with zero attached hydrogens (tertiary/aromatic N) is 1. The van der Waals surface area contributed by atoms with Crippen LogP contribution in [-0.2, 0) is 10.2 Å². The Bertz CT molecular complexity index is 889. The number of halogens is 4. The number of hydrogen-bond acceptors (Lipinski definition) is 2. The van der Waals surface area contributed by atoms with Gasteiger partial charge in [-0.25, -0.2) is 13.2 Å². The first-order valence-electron chi connectivity index (χ1n) is 8.88. The molecule has 156 valence electrons. The van der Waals surface area contributed by atoms with E-state index in [-0.39, 0.29) is 35.9 Å². The van der Waals surface area contributed by atoms with Crippen molar-refractivity contribution in [2.45, 2.75) is 18.3 Å². The number of amides is 1. The van der Waals surface area contributed by atoms with Gasteiger partial charge in [-0.3, -0.25) is 9.79 Å². The van der Waals surface area contributed by atoms with Crippen molar-refractivity contribution in [3.63, 3.8) is 0 Å². The lowest BCUT2D eigenvalue weighted by Gasteiger charge is -2.19. The number of carbonyl (C=O) groups excluding carboxylic acids is 1. The number of aliphatic imine (C=N–C) groups is 1. The standard InChI is InChI=1S/C20H21F3N4O.HI/c1-24-19(26-12-20(9-10-20)13-5-3-2-4-6-13)25-11-16(28)27-15-8-7-14(21)17(22)18(15)23;/h2-8H,9-12H2,1H3,(H,27,28)(H2,24,25,26);1H. The fourth-order valence-corrected chi connectivity index (χ4v) is 2.96. The van der Waals surface area contributed by atoms with Crippen molar-refractivity contribution in [1.29, 1.82) is 0 Å². The highest BCUT2D eigenvalue weighted by molar-refractivity contribution is 14.0. The molecule has 29 heavy (non-hydrogen) atoms. The van der Waals surface area contributed by atoms with Crippen LogP contribution >= 0.6 is 24.0 Å². The lowest BCUT2D eigenvalue weighted by Crippen LogP contribution is -2.44. The summed E-state index contributed by atoms with van der Waals surface area (Å²) in [7, 11) is 1.57. The lowest BCUT2D eigenvalue weighted by molar-refractivity contribution is -0.115. The maximum atomic E-state index is 13.6. The summed E-state index contributed by atoms with van der Waals surface area (Å²) in [5, 5.41) is 8.22. The second kappa shape index (κ2) is 9.95. The molecule has 1 saturated carbocycles. The van der Waals surface area contributed by atoms with E-state index in [1.165, 1.54) is 5.56 Å². The van der Waals surface area contributed by atoms with Gasteiger partial charge in [0.2, 0.25) is 5.91 Å². The molecule has 0 saturated heterocycles. The van der Waals surface area contributed by atoms with Gasteiger partial charge in [-0.15, -0.1) is 24.0 Å². The predicted molar refractivity (Wildman–Crippen MR) is 117 cm³/mol. The molecule has 5 nitrogen and oxygen atoms in total. The molecule has 0 radical (unpaired) electrons. The van der Waals surface area contributed by atoms with Crippen molar-refractivity contribution >= 4 is 41.5 Å². The third-order valence-corrected chi connectivity index (χ3v) is 4.78. The van der Waals surface area contributed by atoms with Crippen LogP contribution in [0.25, 0.3) is 0 Å². The van der Waals surface area contributed by atoms with E-state index in [2.05, 4.69) is 33.1 Å². The Morgan fingerprint density at radius 1 is 1.03 bits per heavy atom. The molecule has 1 amide bonds. The average Bonchev–Trinajstić information content (AvgIpc) is 3.50. The van der Waals surface area contributed by atoms with Gasteiger partial charge in [0.1, 0.15) is 0 Å². The Morgan fingerprint density at radius 2 is 1.72 bits per heavy atom. The molecule has 1 aliphatic rings. The summed E-state index contributed by atoms with van der Waals surface area (Å²) in [6, 6.07) is 11.9. The third-order valence-electron chi connectivity index (χ3n) is 4.78. The summed E-state index contributed by atoms with van der Waals surface area (Å²) in [6.07, 6.45) is 2.13. The number of anilines is 1. The van der Waals surface area contributed by atoms with E-state index >= 15 is 0 Å². The molecule has 0 atom stereocenters. The first kappa shape index (κ1) is 23.0. The fourth-order valence-electron chi connectivity index (χ4n) is 2.96. The van der Waals surface area contributed by atoms with E-state index in [1.54, 1.807) is 7.05 Å². The zero-order valence-electron chi connectivity index (χ0n) is 15.8. The number of rotatable bonds is 6. The Kier molecular flexibility index (Phi) is 7.88.